The van der Waals surface area contributed by atoms with Crippen LogP contribution in [0, 0.1) is 6.92 Å². The van der Waals surface area contributed by atoms with Crippen molar-refractivity contribution in [2.24, 2.45) is 0 Å². The molecule has 0 spiro atoms. The number of carbonyl (C=O) groups excluding carboxylic acids is 1. The zero-order valence-electron chi connectivity index (χ0n) is 17.0. The number of ether oxygens (including phenoxy) is 1. The van der Waals surface area contributed by atoms with E-state index in [9.17, 15) is 24.6 Å². The summed E-state index contributed by atoms with van der Waals surface area (Å²) in [6.45, 7) is 1.68. The quantitative estimate of drug-likeness (QED) is 0.403. The van der Waals surface area contributed by atoms with Crippen molar-refractivity contribution >= 4 is 28.7 Å². The average molecular weight is 434 g/mol. The van der Waals surface area contributed by atoms with Crippen molar-refractivity contribution in [1.29, 1.82) is 0 Å². The minimum atomic E-state index is -1.53. The van der Waals surface area contributed by atoms with E-state index in [1.165, 1.54) is 0 Å². The molecule has 1 aromatic heterocycles. The van der Waals surface area contributed by atoms with Crippen molar-refractivity contribution in [2.45, 2.75) is 57.1 Å². The van der Waals surface area contributed by atoms with Crippen LogP contribution >= 0.6 is 0 Å². The maximum absolute atomic E-state index is 12.5. The predicted octanol–water partition coefficient (Wildman–Crippen LogP) is 0.567. The summed E-state index contributed by atoms with van der Waals surface area (Å²) in [6, 6.07) is 4.14. The molecule has 1 amide bonds. The van der Waals surface area contributed by atoms with Crippen LogP contribution in [0.25, 0.3) is 10.9 Å². The van der Waals surface area contributed by atoms with Crippen LogP contribution in [0.1, 0.15) is 36.6 Å². The second-order valence-corrected chi connectivity index (χ2v) is 7.84. The zero-order chi connectivity index (χ0) is 22.7. The SMILES string of the molecule is Cc1ccc2c(c1)c(CC(=O)NC(CC(=O)O)C(=O)O)cn2[C@H]1CC(O)CC(CO)O1. The first kappa shape index (κ1) is 22.7. The highest BCUT2D eigenvalue weighted by molar-refractivity contribution is 5.92. The summed E-state index contributed by atoms with van der Waals surface area (Å²) in [6.07, 6.45) is -0.197. The number of aliphatic carboxylic acids is 2. The summed E-state index contributed by atoms with van der Waals surface area (Å²) in [7, 11) is 0. The molecular weight excluding hydrogens is 408 g/mol. The van der Waals surface area contributed by atoms with Gasteiger partial charge in [-0.2, -0.15) is 0 Å². The van der Waals surface area contributed by atoms with Gasteiger partial charge in [0.25, 0.3) is 0 Å². The number of aromatic nitrogens is 1. The van der Waals surface area contributed by atoms with Crippen molar-refractivity contribution in [3.8, 4) is 0 Å². The van der Waals surface area contributed by atoms with E-state index in [0.29, 0.717) is 18.4 Å². The normalized spacial score (nSPS) is 22.2. The molecule has 1 aromatic carbocycles. The first-order chi connectivity index (χ1) is 14.7. The number of aliphatic hydroxyl groups is 2. The fourth-order valence-corrected chi connectivity index (χ4v) is 3.87. The lowest BCUT2D eigenvalue weighted by molar-refractivity contribution is -0.147. The highest BCUT2D eigenvalue weighted by atomic mass is 16.5. The van der Waals surface area contributed by atoms with Crippen molar-refractivity contribution in [2.75, 3.05) is 6.61 Å². The number of carbonyl (C=O) groups is 3. The van der Waals surface area contributed by atoms with Crippen LogP contribution in [0.2, 0.25) is 0 Å². The van der Waals surface area contributed by atoms with Crippen molar-refractivity contribution in [3.63, 3.8) is 0 Å². The Hall–Kier alpha value is -2.95. The number of carboxylic acid groups (broad SMARTS) is 2. The molecule has 0 aliphatic carbocycles. The van der Waals surface area contributed by atoms with E-state index in [0.717, 1.165) is 16.5 Å². The van der Waals surface area contributed by atoms with Gasteiger partial charge in [0.1, 0.15) is 12.3 Å². The molecule has 0 saturated carbocycles. The third-order valence-corrected chi connectivity index (χ3v) is 5.31. The maximum Gasteiger partial charge on any atom is 0.326 e. The van der Waals surface area contributed by atoms with E-state index in [1.807, 2.05) is 25.1 Å². The summed E-state index contributed by atoms with van der Waals surface area (Å²) in [5.74, 6) is -3.37. The van der Waals surface area contributed by atoms with E-state index in [1.54, 1.807) is 10.8 Å². The highest BCUT2D eigenvalue weighted by Crippen LogP contribution is 2.33. The van der Waals surface area contributed by atoms with Crippen LogP contribution in [0.5, 0.6) is 0 Å². The van der Waals surface area contributed by atoms with Crippen LogP contribution in [0.3, 0.4) is 0 Å². The van der Waals surface area contributed by atoms with Gasteiger partial charge >= 0.3 is 11.9 Å². The third kappa shape index (κ3) is 5.40. The van der Waals surface area contributed by atoms with Crippen molar-refractivity contribution in [1.82, 2.24) is 9.88 Å². The monoisotopic (exact) mass is 434 g/mol. The second-order valence-electron chi connectivity index (χ2n) is 7.84. The summed E-state index contributed by atoms with van der Waals surface area (Å²) < 4.78 is 7.70. The Balaban J connectivity index is 1.89. The van der Waals surface area contributed by atoms with Gasteiger partial charge in [-0.3, -0.25) is 9.59 Å². The standard InChI is InChI=1S/C21H26N2O8/c1-11-2-3-17-15(4-11)12(5-18(26)22-16(21(29)30)8-20(27)28)9-23(17)19-7-13(25)6-14(10-24)31-19/h2-4,9,13-14,16,19,24-25H,5-8,10H2,1H3,(H,22,26)(H,27,28)(H,29,30)/t13?,14?,16?,19-/m1/s1. The number of benzene rings is 1. The molecule has 2 aromatic rings. The van der Waals surface area contributed by atoms with Gasteiger partial charge in [-0.1, -0.05) is 11.6 Å². The Morgan fingerprint density at radius 1 is 1.26 bits per heavy atom. The number of fused-ring (bicyclic) bond motifs is 1. The van der Waals surface area contributed by atoms with Gasteiger partial charge in [-0.05, 0) is 24.6 Å². The first-order valence-electron chi connectivity index (χ1n) is 9.96. The van der Waals surface area contributed by atoms with Crippen LogP contribution < -0.4 is 5.32 Å². The van der Waals surface area contributed by atoms with E-state index in [4.69, 9.17) is 14.9 Å². The number of nitrogens with zero attached hydrogens (tertiary/aromatic N) is 1. The van der Waals surface area contributed by atoms with Crippen LogP contribution in [0.4, 0.5) is 0 Å². The van der Waals surface area contributed by atoms with E-state index >= 15 is 0 Å². The number of amides is 1. The Kier molecular flexibility index (Phi) is 6.94. The Bertz CT molecular complexity index is 985. The number of rotatable bonds is 8. The molecule has 168 valence electrons. The highest BCUT2D eigenvalue weighted by Gasteiger charge is 2.30. The topological polar surface area (TPSA) is 158 Å². The maximum atomic E-state index is 12.5. The molecule has 10 nitrogen and oxygen atoms in total. The van der Waals surface area contributed by atoms with Gasteiger partial charge in [-0.25, -0.2) is 4.79 Å². The molecule has 1 aliphatic rings. The summed E-state index contributed by atoms with van der Waals surface area (Å²) in [5.41, 5.74) is 2.34. The number of hydrogen-bond acceptors (Lipinski definition) is 6. The number of nitrogens with one attached hydrogen (secondary N) is 1. The molecule has 2 heterocycles. The van der Waals surface area contributed by atoms with Crippen molar-refractivity contribution < 1.29 is 39.5 Å². The number of aliphatic hydroxyl groups excluding tert-OH is 2. The molecule has 4 atom stereocenters. The van der Waals surface area contributed by atoms with Crippen LogP contribution in [-0.4, -0.2) is 67.7 Å². The smallest absolute Gasteiger partial charge is 0.326 e. The minimum Gasteiger partial charge on any atom is -0.481 e. The molecular formula is C21H26N2O8. The lowest BCUT2D eigenvalue weighted by Crippen LogP contribution is -2.42. The van der Waals surface area contributed by atoms with Gasteiger partial charge in [0, 0.05) is 24.4 Å². The molecule has 1 saturated heterocycles. The summed E-state index contributed by atoms with van der Waals surface area (Å²) in [5, 5.41) is 40.6. The first-order valence-corrected chi connectivity index (χ1v) is 9.96. The Morgan fingerprint density at radius 3 is 2.65 bits per heavy atom. The molecule has 0 radical (unpaired) electrons. The summed E-state index contributed by atoms with van der Waals surface area (Å²) in [4.78, 5) is 34.6. The molecule has 5 N–H and O–H groups in total. The van der Waals surface area contributed by atoms with E-state index in [2.05, 4.69) is 5.32 Å². The molecule has 0 bridgehead atoms. The zero-order valence-corrected chi connectivity index (χ0v) is 17.0. The fourth-order valence-electron chi connectivity index (χ4n) is 3.87. The molecule has 1 aliphatic heterocycles. The number of hydrogen-bond donors (Lipinski definition) is 5. The predicted molar refractivity (Wildman–Crippen MR) is 108 cm³/mol. The van der Waals surface area contributed by atoms with E-state index < -0.39 is 48.7 Å². The fraction of sp³-hybridized carbons (Fsp3) is 0.476. The Morgan fingerprint density at radius 2 is 2.00 bits per heavy atom. The van der Waals surface area contributed by atoms with Gasteiger partial charge in [0.2, 0.25) is 5.91 Å². The Labute approximate surface area is 178 Å². The molecule has 31 heavy (non-hydrogen) atoms. The molecule has 10 heteroatoms. The number of carboxylic acids is 2. The lowest BCUT2D eigenvalue weighted by Gasteiger charge is -2.33. The van der Waals surface area contributed by atoms with Gasteiger partial charge < -0.3 is 35.0 Å². The summed E-state index contributed by atoms with van der Waals surface area (Å²) >= 11 is 0. The van der Waals surface area contributed by atoms with Crippen LogP contribution in [-0.2, 0) is 25.5 Å². The molecule has 1 fully saturated rings. The largest absolute Gasteiger partial charge is 0.481 e. The van der Waals surface area contributed by atoms with E-state index in [-0.39, 0.29) is 13.0 Å². The molecule has 3 unspecified atom stereocenters. The lowest BCUT2D eigenvalue weighted by atomic mass is 10.0. The van der Waals surface area contributed by atoms with Gasteiger partial charge in [0.05, 0.1) is 37.2 Å². The number of aryl methyl sites for hydroxylation is 1. The third-order valence-electron chi connectivity index (χ3n) is 5.31. The van der Waals surface area contributed by atoms with Gasteiger partial charge in [-0.15, -0.1) is 0 Å². The van der Waals surface area contributed by atoms with Crippen LogP contribution in [0.15, 0.2) is 24.4 Å². The molecule has 3 rings (SSSR count). The minimum absolute atomic E-state index is 0.158. The van der Waals surface area contributed by atoms with Crippen molar-refractivity contribution in [3.05, 3.63) is 35.5 Å². The second kappa shape index (κ2) is 9.46. The van der Waals surface area contributed by atoms with Gasteiger partial charge in [0.15, 0.2) is 0 Å². The average Bonchev–Trinajstić information content (AvgIpc) is 3.04.